The van der Waals surface area contributed by atoms with Crippen molar-refractivity contribution in [3.05, 3.63) is 42.1 Å². The summed E-state index contributed by atoms with van der Waals surface area (Å²) in [7, 11) is 0. The molecule has 0 aliphatic carbocycles. The van der Waals surface area contributed by atoms with Crippen LogP contribution in [0.4, 0.5) is 5.82 Å². The average Bonchev–Trinajstić information content (AvgIpc) is 2.73. The number of hydrogen-bond acceptors (Lipinski definition) is 6. The second-order valence-electron chi connectivity index (χ2n) is 6.81. The van der Waals surface area contributed by atoms with Gasteiger partial charge in [-0.15, -0.1) is 5.10 Å². The summed E-state index contributed by atoms with van der Waals surface area (Å²) in [4.78, 5) is 2.31. The fraction of sp³-hybridized carbons (Fsp3) is 0.524. The molecule has 1 aliphatic rings. The third-order valence-corrected chi connectivity index (χ3v) is 4.67. The molecule has 0 radical (unpaired) electrons. The maximum absolute atomic E-state index is 5.79. The minimum absolute atomic E-state index is 0.437. The first kappa shape index (κ1) is 19.4. The highest BCUT2D eigenvalue weighted by Gasteiger charge is 2.20. The van der Waals surface area contributed by atoms with Gasteiger partial charge in [0.2, 0.25) is 0 Å². The maximum atomic E-state index is 5.79. The SMILES string of the molecule is CCCOc1ccc(CNC2CCCN(c3cccnn3)C2)cc1OCC. The van der Waals surface area contributed by atoms with Crippen LogP contribution in [0.25, 0.3) is 0 Å². The topological polar surface area (TPSA) is 59.5 Å². The number of aromatic nitrogens is 2. The molecule has 146 valence electrons. The number of anilines is 1. The lowest BCUT2D eigenvalue weighted by atomic mass is 10.1. The van der Waals surface area contributed by atoms with Gasteiger partial charge in [0.1, 0.15) is 0 Å². The molecule has 0 spiro atoms. The zero-order valence-corrected chi connectivity index (χ0v) is 16.4. The van der Waals surface area contributed by atoms with E-state index in [2.05, 4.69) is 39.5 Å². The third kappa shape index (κ3) is 5.57. The highest BCUT2D eigenvalue weighted by molar-refractivity contribution is 5.43. The first-order valence-electron chi connectivity index (χ1n) is 9.94. The van der Waals surface area contributed by atoms with Crippen molar-refractivity contribution in [2.24, 2.45) is 0 Å². The minimum Gasteiger partial charge on any atom is -0.490 e. The molecule has 0 bridgehead atoms. The lowest BCUT2D eigenvalue weighted by Gasteiger charge is -2.33. The Morgan fingerprint density at radius 1 is 1.19 bits per heavy atom. The largest absolute Gasteiger partial charge is 0.490 e. The second-order valence-corrected chi connectivity index (χ2v) is 6.81. The van der Waals surface area contributed by atoms with E-state index in [1.807, 2.05) is 25.1 Å². The molecule has 2 aromatic rings. The van der Waals surface area contributed by atoms with E-state index in [0.29, 0.717) is 19.3 Å². The summed E-state index contributed by atoms with van der Waals surface area (Å²) in [5, 5.41) is 11.9. The molecule has 1 saturated heterocycles. The fourth-order valence-electron chi connectivity index (χ4n) is 3.34. The Labute approximate surface area is 161 Å². The molecule has 6 nitrogen and oxygen atoms in total. The summed E-state index contributed by atoms with van der Waals surface area (Å²) in [6, 6.07) is 10.6. The monoisotopic (exact) mass is 370 g/mol. The Bertz CT molecular complexity index is 696. The molecular weight excluding hydrogens is 340 g/mol. The van der Waals surface area contributed by atoms with E-state index in [1.165, 1.54) is 12.0 Å². The summed E-state index contributed by atoms with van der Waals surface area (Å²) in [6.45, 7) is 8.24. The van der Waals surface area contributed by atoms with Gasteiger partial charge in [-0.25, -0.2) is 0 Å². The predicted molar refractivity (Wildman–Crippen MR) is 108 cm³/mol. The van der Waals surface area contributed by atoms with E-state index in [0.717, 1.165) is 49.8 Å². The van der Waals surface area contributed by atoms with Gasteiger partial charge in [0.15, 0.2) is 17.3 Å². The van der Waals surface area contributed by atoms with E-state index in [-0.39, 0.29) is 0 Å². The van der Waals surface area contributed by atoms with Crippen molar-refractivity contribution in [3.63, 3.8) is 0 Å². The zero-order chi connectivity index (χ0) is 18.9. The number of nitrogens with zero attached hydrogens (tertiary/aromatic N) is 3. The van der Waals surface area contributed by atoms with Crippen molar-refractivity contribution in [2.45, 2.75) is 45.7 Å². The Morgan fingerprint density at radius 3 is 2.89 bits per heavy atom. The number of benzene rings is 1. The van der Waals surface area contributed by atoms with Crippen LogP contribution in [0.5, 0.6) is 11.5 Å². The maximum Gasteiger partial charge on any atom is 0.161 e. The molecule has 2 heterocycles. The standard InChI is InChI=1S/C21H30N4O2/c1-3-13-27-19-10-9-17(14-20(19)26-4-2)15-22-18-7-6-12-25(16-18)21-8-5-11-23-24-21/h5,8-11,14,18,22H,3-4,6-7,12-13,15-16H2,1-2H3. The molecule has 1 unspecified atom stereocenters. The van der Waals surface area contributed by atoms with Gasteiger partial charge in [-0.1, -0.05) is 13.0 Å². The number of piperidine rings is 1. The first-order chi connectivity index (χ1) is 13.3. The van der Waals surface area contributed by atoms with Crippen LogP contribution in [0.2, 0.25) is 0 Å². The van der Waals surface area contributed by atoms with Crippen molar-refractivity contribution in [1.82, 2.24) is 15.5 Å². The Kier molecular flexibility index (Phi) is 7.27. The molecule has 27 heavy (non-hydrogen) atoms. The normalized spacial score (nSPS) is 17.0. The third-order valence-electron chi connectivity index (χ3n) is 4.67. The van der Waals surface area contributed by atoms with Gasteiger partial charge in [-0.3, -0.25) is 0 Å². The molecular formula is C21H30N4O2. The number of rotatable bonds is 9. The van der Waals surface area contributed by atoms with Gasteiger partial charge >= 0.3 is 0 Å². The highest BCUT2D eigenvalue weighted by Crippen LogP contribution is 2.29. The van der Waals surface area contributed by atoms with Gasteiger partial charge in [0.25, 0.3) is 0 Å². The van der Waals surface area contributed by atoms with Crippen molar-refractivity contribution in [2.75, 3.05) is 31.2 Å². The van der Waals surface area contributed by atoms with Crippen LogP contribution in [0.1, 0.15) is 38.7 Å². The van der Waals surface area contributed by atoms with Gasteiger partial charge in [0.05, 0.1) is 13.2 Å². The smallest absolute Gasteiger partial charge is 0.161 e. The first-order valence-corrected chi connectivity index (χ1v) is 9.94. The molecule has 1 aromatic carbocycles. The molecule has 1 N–H and O–H groups in total. The van der Waals surface area contributed by atoms with Gasteiger partial charge < -0.3 is 19.7 Å². The van der Waals surface area contributed by atoms with E-state index < -0.39 is 0 Å². The summed E-state index contributed by atoms with van der Waals surface area (Å²) in [5.74, 6) is 2.61. The van der Waals surface area contributed by atoms with Crippen molar-refractivity contribution in [1.29, 1.82) is 0 Å². The van der Waals surface area contributed by atoms with Gasteiger partial charge in [0, 0.05) is 31.9 Å². The number of nitrogens with one attached hydrogen (secondary N) is 1. The average molecular weight is 370 g/mol. The van der Waals surface area contributed by atoms with Crippen molar-refractivity contribution >= 4 is 5.82 Å². The summed E-state index contributed by atoms with van der Waals surface area (Å²) < 4.78 is 11.6. The van der Waals surface area contributed by atoms with E-state index in [9.17, 15) is 0 Å². The predicted octanol–water partition coefficient (Wildman–Crippen LogP) is 3.42. The number of ether oxygens (including phenoxy) is 2. The van der Waals surface area contributed by atoms with Crippen LogP contribution in [-0.2, 0) is 6.54 Å². The van der Waals surface area contributed by atoms with Crippen LogP contribution in [0.15, 0.2) is 36.5 Å². The number of hydrogen-bond donors (Lipinski definition) is 1. The minimum atomic E-state index is 0.437. The quantitative estimate of drug-likeness (QED) is 0.730. The molecule has 1 atom stereocenters. The summed E-state index contributed by atoms with van der Waals surface area (Å²) >= 11 is 0. The molecule has 1 aliphatic heterocycles. The lowest BCUT2D eigenvalue weighted by Crippen LogP contribution is -2.45. The molecule has 6 heteroatoms. The Hall–Kier alpha value is -2.34. The second kappa shape index (κ2) is 10.1. The fourth-order valence-corrected chi connectivity index (χ4v) is 3.34. The van der Waals surface area contributed by atoms with Crippen molar-refractivity contribution < 1.29 is 9.47 Å². The van der Waals surface area contributed by atoms with Gasteiger partial charge in [-0.05, 0) is 56.0 Å². The van der Waals surface area contributed by atoms with E-state index in [4.69, 9.17) is 9.47 Å². The van der Waals surface area contributed by atoms with Crippen LogP contribution in [0, 0.1) is 0 Å². The van der Waals surface area contributed by atoms with Gasteiger partial charge in [-0.2, -0.15) is 5.10 Å². The molecule has 3 rings (SSSR count). The molecule has 0 amide bonds. The molecule has 1 aromatic heterocycles. The molecule has 1 fully saturated rings. The van der Waals surface area contributed by atoms with Crippen molar-refractivity contribution in [3.8, 4) is 11.5 Å². The summed E-state index contributed by atoms with van der Waals surface area (Å²) in [5.41, 5.74) is 1.21. The zero-order valence-electron chi connectivity index (χ0n) is 16.4. The van der Waals surface area contributed by atoms with Crippen LogP contribution in [-0.4, -0.2) is 42.5 Å². The molecule has 0 saturated carbocycles. The van der Waals surface area contributed by atoms with E-state index >= 15 is 0 Å². The van der Waals surface area contributed by atoms with E-state index in [1.54, 1.807) is 6.20 Å². The lowest BCUT2D eigenvalue weighted by molar-refractivity contribution is 0.276. The Morgan fingerprint density at radius 2 is 2.11 bits per heavy atom. The van der Waals surface area contributed by atoms with Crippen LogP contribution in [0.3, 0.4) is 0 Å². The summed E-state index contributed by atoms with van der Waals surface area (Å²) in [6.07, 6.45) is 5.03. The highest BCUT2D eigenvalue weighted by atomic mass is 16.5. The van der Waals surface area contributed by atoms with Crippen LogP contribution < -0.4 is 19.7 Å². The van der Waals surface area contributed by atoms with Crippen LogP contribution >= 0.6 is 0 Å². The Balaban J connectivity index is 1.58.